The van der Waals surface area contributed by atoms with Crippen LogP contribution in [0.2, 0.25) is 5.02 Å². The molecule has 0 aromatic heterocycles. The van der Waals surface area contributed by atoms with E-state index in [1.807, 2.05) is 18.2 Å². The van der Waals surface area contributed by atoms with Gasteiger partial charge in [0.25, 0.3) is 0 Å². The molecule has 2 rings (SSSR count). The van der Waals surface area contributed by atoms with Crippen LogP contribution in [0.1, 0.15) is 12.8 Å². The molecule has 2 N–H and O–H groups in total. The minimum absolute atomic E-state index is 0.655. The van der Waals surface area contributed by atoms with Crippen molar-refractivity contribution in [2.45, 2.75) is 12.8 Å². The lowest BCUT2D eigenvalue weighted by molar-refractivity contribution is 0.388. The van der Waals surface area contributed by atoms with Crippen molar-refractivity contribution in [3.05, 3.63) is 23.2 Å². The molecule has 0 bridgehead atoms. The topological polar surface area (TPSA) is 33.3 Å². The molecule has 0 unspecified atom stereocenters. The Labute approximate surface area is 107 Å². The van der Waals surface area contributed by atoms with Gasteiger partial charge in [-0.2, -0.15) is 0 Å². The lowest BCUT2D eigenvalue weighted by Gasteiger charge is -2.23. The summed E-state index contributed by atoms with van der Waals surface area (Å²) < 4.78 is 5.31. The lowest BCUT2D eigenvalue weighted by atomic mass is 9.98. The summed E-state index contributed by atoms with van der Waals surface area (Å²) in [5.74, 6) is 1.48. The summed E-state index contributed by atoms with van der Waals surface area (Å²) in [6.07, 6.45) is 2.46. The van der Waals surface area contributed by atoms with Gasteiger partial charge >= 0.3 is 0 Å². The molecule has 0 atom stereocenters. The van der Waals surface area contributed by atoms with Gasteiger partial charge in [0, 0.05) is 6.54 Å². The standard InChI is InChI=1S/C13H19ClN2O/c1-17-13-11(14)3-2-4-12(13)16-9-10-5-7-15-8-6-10/h2-4,10,15-16H,5-9H2,1H3. The number of halogens is 1. The lowest BCUT2D eigenvalue weighted by Crippen LogP contribution is -2.31. The maximum Gasteiger partial charge on any atom is 0.160 e. The van der Waals surface area contributed by atoms with E-state index in [0.717, 1.165) is 37.0 Å². The minimum atomic E-state index is 0.655. The quantitative estimate of drug-likeness (QED) is 0.867. The van der Waals surface area contributed by atoms with Crippen LogP contribution in [0.25, 0.3) is 0 Å². The molecule has 0 spiro atoms. The predicted molar refractivity (Wildman–Crippen MR) is 72.1 cm³/mol. The molecule has 0 saturated carbocycles. The molecule has 1 heterocycles. The van der Waals surface area contributed by atoms with Gasteiger partial charge in [0.05, 0.1) is 17.8 Å². The van der Waals surface area contributed by atoms with E-state index in [-0.39, 0.29) is 0 Å². The summed E-state index contributed by atoms with van der Waals surface area (Å²) in [5, 5.41) is 7.46. The van der Waals surface area contributed by atoms with Crippen molar-refractivity contribution in [2.24, 2.45) is 5.92 Å². The number of benzene rings is 1. The summed E-state index contributed by atoms with van der Waals surface area (Å²) in [4.78, 5) is 0. The number of hydrogen-bond donors (Lipinski definition) is 2. The number of para-hydroxylation sites is 1. The van der Waals surface area contributed by atoms with Gasteiger partial charge in [-0.3, -0.25) is 0 Å². The van der Waals surface area contributed by atoms with Gasteiger partial charge in [-0.1, -0.05) is 17.7 Å². The predicted octanol–water partition coefficient (Wildman–Crippen LogP) is 2.76. The zero-order chi connectivity index (χ0) is 12.1. The number of ether oxygens (including phenoxy) is 1. The zero-order valence-corrected chi connectivity index (χ0v) is 10.9. The highest BCUT2D eigenvalue weighted by Crippen LogP contribution is 2.32. The SMILES string of the molecule is COc1c(Cl)cccc1NCC1CCNCC1. The second-order valence-electron chi connectivity index (χ2n) is 4.39. The van der Waals surface area contributed by atoms with Crippen LogP contribution in [0, 0.1) is 5.92 Å². The molecule has 17 heavy (non-hydrogen) atoms. The highest BCUT2D eigenvalue weighted by atomic mass is 35.5. The Hall–Kier alpha value is -0.930. The molecule has 0 aliphatic carbocycles. The molecule has 1 aromatic rings. The Balaban J connectivity index is 1.95. The van der Waals surface area contributed by atoms with Crippen molar-refractivity contribution in [3.8, 4) is 5.75 Å². The highest BCUT2D eigenvalue weighted by molar-refractivity contribution is 6.32. The van der Waals surface area contributed by atoms with E-state index < -0.39 is 0 Å². The first-order valence-electron chi connectivity index (χ1n) is 6.08. The molecule has 3 nitrogen and oxygen atoms in total. The molecule has 4 heteroatoms. The monoisotopic (exact) mass is 254 g/mol. The molecular weight excluding hydrogens is 236 g/mol. The van der Waals surface area contributed by atoms with Gasteiger partial charge in [-0.25, -0.2) is 0 Å². The molecular formula is C13H19ClN2O. The zero-order valence-electron chi connectivity index (χ0n) is 10.1. The van der Waals surface area contributed by atoms with Gasteiger partial charge in [-0.05, 0) is 44.0 Å². The van der Waals surface area contributed by atoms with Crippen LogP contribution in [0.5, 0.6) is 5.75 Å². The third-order valence-electron chi connectivity index (χ3n) is 3.21. The minimum Gasteiger partial charge on any atom is -0.493 e. The molecule has 1 saturated heterocycles. The van der Waals surface area contributed by atoms with Crippen molar-refractivity contribution in [3.63, 3.8) is 0 Å². The Morgan fingerprint density at radius 2 is 2.18 bits per heavy atom. The maximum absolute atomic E-state index is 6.08. The van der Waals surface area contributed by atoms with Crippen LogP contribution >= 0.6 is 11.6 Å². The van der Waals surface area contributed by atoms with Crippen molar-refractivity contribution < 1.29 is 4.74 Å². The first-order valence-corrected chi connectivity index (χ1v) is 6.46. The van der Waals surface area contributed by atoms with Gasteiger partial charge in [0.2, 0.25) is 0 Å². The number of hydrogen-bond acceptors (Lipinski definition) is 3. The van der Waals surface area contributed by atoms with Crippen molar-refractivity contribution in [1.29, 1.82) is 0 Å². The third-order valence-corrected chi connectivity index (χ3v) is 3.51. The summed E-state index contributed by atoms with van der Waals surface area (Å²) in [6, 6.07) is 5.79. The molecule has 1 aromatic carbocycles. The second-order valence-corrected chi connectivity index (χ2v) is 4.80. The molecule has 1 aliphatic heterocycles. The van der Waals surface area contributed by atoms with E-state index >= 15 is 0 Å². The Bertz CT molecular complexity index is 364. The summed E-state index contributed by atoms with van der Waals surface area (Å²) >= 11 is 6.08. The Kier molecular flexibility index (Phi) is 4.51. The number of piperidine rings is 1. The van der Waals surface area contributed by atoms with E-state index in [1.54, 1.807) is 7.11 Å². The van der Waals surface area contributed by atoms with E-state index in [4.69, 9.17) is 16.3 Å². The van der Waals surface area contributed by atoms with Crippen LogP contribution in [0.4, 0.5) is 5.69 Å². The van der Waals surface area contributed by atoms with Gasteiger partial charge in [0.15, 0.2) is 5.75 Å². The summed E-state index contributed by atoms with van der Waals surface area (Å²) in [5.41, 5.74) is 0.985. The second kappa shape index (κ2) is 6.12. The van der Waals surface area contributed by atoms with E-state index in [0.29, 0.717) is 5.02 Å². The van der Waals surface area contributed by atoms with Crippen molar-refractivity contribution in [2.75, 3.05) is 32.1 Å². The fourth-order valence-electron chi connectivity index (χ4n) is 2.20. The normalized spacial score (nSPS) is 16.8. The Morgan fingerprint density at radius 3 is 2.88 bits per heavy atom. The fourth-order valence-corrected chi connectivity index (χ4v) is 2.45. The van der Waals surface area contributed by atoms with Gasteiger partial charge in [0.1, 0.15) is 0 Å². The van der Waals surface area contributed by atoms with Gasteiger partial charge < -0.3 is 15.4 Å². The van der Waals surface area contributed by atoms with Crippen LogP contribution < -0.4 is 15.4 Å². The van der Waals surface area contributed by atoms with E-state index in [9.17, 15) is 0 Å². The van der Waals surface area contributed by atoms with Crippen LogP contribution in [-0.2, 0) is 0 Å². The molecule has 0 radical (unpaired) electrons. The highest BCUT2D eigenvalue weighted by Gasteiger charge is 2.14. The summed E-state index contributed by atoms with van der Waals surface area (Å²) in [7, 11) is 1.65. The number of anilines is 1. The molecule has 94 valence electrons. The number of methoxy groups -OCH3 is 1. The number of nitrogens with one attached hydrogen (secondary N) is 2. The molecule has 1 aliphatic rings. The van der Waals surface area contributed by atoms with Crippen LogP contribution in [0.3, 0.4) is 0 Å². The third kappa shape index (κ3) is 3.27. The van der Waals surface area contributed by atoms with Gasteiger partial charge in [-0.15, -0.1) is 0 Å². The maximum atomic E-state index is 6.08. The van der Waals surface area contributed by atoms with Crippen LogP contribution in [-0.4, -0.2) is 26.7 Å². The Morgan fingerprint density at radius 1 is 1.41 bits per heavy atom. The average molecular weight is 255 g/mol. The largest absolute Gasteiger partial charge is 0.493 e. The first-order chi connectivity index (χ1) is 8.31. The average Bonchev–Trinajstić information content (AvgIpc) is 2.37. The van der Waals surface area contributed by atoms with E-state index in [1.165, 1.54) is 12.8 Å². The smallest absolute Gasteiger partial charge is 0.160 e. The number of rotatable bonds is 4. The summed E-state index contributed by atoms with van der Waals surface area (Å²) in [6.45, 7) is 3.23. The fraction of sp³-hybridized carbons (Fsp3) is 0.538. The van der Waals surface area contributed by atoms with E-state index in [2.05, 4.69) is 10.6 Å². The molecule has 0 amide bonds. The van der Waals surface area contributed by atoms with Crippen molar-refractivity contribution >= 4 is 17.3 Å². The first kappa shape index (κ1) is 12.5. The van der Waals surface area contributed by atoms with Crippen molar-refractivity contribution in [1.82, 2.24) is 5.32 Å². The molecule has 1 fully saturated rings. The van der Waals surface area contributed by atoms with Crippen LogP contribution in [0.15, 0.2) is 18.2 Å².